The first-order valence-electron chi connectivity index (χ1n) is 3.01. The van der Waals surface area contributed by atoms with Crippen molar-refractivity contribution in [2.24, 2.45) is 0 Å². The average Bonchev–Trinajstić information content (AvgIpc) is 1.89. The van der Waals surface area contributed by atoms with E-state index in [1.165, 1.54) is 0 Å². The van der Waals surface area contributed by atoms with Crippen LogP contribution in [0.5, 0.6) is 0 Å². The summed E-state index contributed by atoms with van der Waals surface area (Å²) in [5.74, 6) is 0. The zero-order valence-corrected chi connectivity index (χ0v) is 5.47. The summed E-state index contributed by atoms with van der Waals surface area (Å²) in [6.07, 6.45) is 0. The Kier molecular flexibility index (Phi) is 7.77. The Labute approximate surface area is 56.0 Å². The third-order valence-corrected chi connectivity index (χ3v) is 0.803. The average molecular weight is 131 g/mol. The lowest BCUT2D eigenvalue weighted by molar-refractivity contribution is 0.0943. The molecule has 0 saturated heterocycles. The van der Waals surface area contributed by atoms with Crippen LogP contribution in [0.4, 0.5) is 0 Å². The second kappa shape index (κ2) is 7.88. The molecule has 3 nitrogen and oxygen atoms in total. The quantitative estimate of drug-likeness (QED) is 0.468. The van der Waals surface area contributed by atoms with E-state index in [4.69, 9.17) is 16.8 Å². The van der Waals surface area contributed by atoms with Crippen LogP contribution in [-0.2, 0) is 4.74 Å². The maximum absolute atomic E-state index is 8.25. The summed E-state index contributed by atoms with van der Waals surface area (Å²) in [4.78, 5) is 0. The van der Waals surface area contributed by atoms with Gasteiger partial charge in [-0.1, -0.05) is 0 Å². The summed E-state index contributed by atoms with van der Waals surface area (Å²) in [5, 5.41) is 11.1. The van der Waals surface area contributed by atoms with Gasteiger partial charge in [0.25, 0.3) is 0 Å². The Morgan fingerprint density at radius 1 is 1.44 bits per heavy atom. The SMILES string of the molecule is [CH]CNCCOCCO. The Balaban J connectivity index is 2.60. The van der Waals surface area contributed by atoms with Crippen molar-refractivity contribution in [1.82, 2.24) is 5.32 Å². The first-order chi connectivity index (χ1) is 4.41. The van der Waals surface area contributed by atoms with Crippen LogP contribution in [-0.4, -0.2) is 38.0 Å². The van der Waals surface area contributed by atoms with Crippen molar-refractivity contribution >= 4 is 0 Å². The fourth-order valence-electron chi connectivity index (χ4n) is 0.413. The van der Waals surface area contributed by atoms with E-state index in [0.717, 1.165) is 6.54 Å². The van der Waals surface area contributed by atoms with Crippen LogP contribution in [0.15, 0.2) is 0 Å². The predicted octanol–water partition coefficient (Wildman–Crippen LogP) is -0.704. The second-order valence-corrected chi connectivity index (χ2v) is 1.54. The van der Waals surface area contributed by atoms with Gasteiger partial charge in [0, 0.05) is 6.54 Å². The molecule has 0 aromatic rings. The van der Waals surface area contributed by atoms with E-state index in [0.29, 0.717) is 19.8 Å². The number of aliphatic hydroxyl groups excluding tert-OH is 1. The van der Waals surface area contributed by atoms with Crippen molar-refractivity contribution < 1.29 is 9.84 Å². The highest BCUT2D eigenvalue weighted by Crippen LogP contribution is 1.69. The Hall–Kier alpha value is -0.120. The lowest BCUT2D eigenvalue weighted by Gasteiger charge is -2.00. The van der Waals surface area contributed by atoms with Crippen LogP contribution in [0, 0.1) is 6.92 Å². The molecule has 3 heteroatoms. The maximum Gasteiger partial charge on any atom is 0.0698 e. The van der Waals surface area contributed by atoms with Gasteiger partial charge in [-0.25, -0.2) is 0 Å². The van der Waals surface area contributed by atoms with Gasteiger partial charge in [0.2, 0.25) is 0 Å². The van der Waals surface area contributed by atoms with Crippen molar-refractivity contribution in [3.05, 3.63) is 6.92 Å². The fourth-order valence-corrected chi connectivity index (χ4v) is 0.413. The van der Waals surface area contributed by atoms with E-state index in [2.05, 4.69) is 5.32 Å². The van der Waals surface area contributed by atoms with Crippen molar-refractivity contribution in [3.63, 3.8) is 0 Å². The summed E-state index contributed by atoms with van der Waals surface area (Å²) in [7, 11) is 0. The minimum Gasteiger partial charge on any atom is -0.394 e. The van der Waals surface area contributed by atoms with Crippen LogP contribution >= 0.6 is 0 Å². The predicted molar refractivity (Wildman–Crippen MR) is 35.1 cm³/mol. The smallest absolute Gasteiger partial charge is 0.0698 e. The molecule has 0 aromatic heterocycles. The molecule has 9 heavy (non-hydrogen) atoms. The third kappa shape index (κ3) is 7.88. The summed E-state index contributed by atoms with van der Waals surface area (Å²) in [6, 6.07) is 0. The van der Waals surface area contributed by atoms with Gasteiger partial charge >= 0.3 is 0 Å². The zero-order valence-electron chi connectivity index (χ0n) is 5.47. The third-order valence-electron chi connectivity index (χ3n) is 0.803. The Morgan fingerprint density at radius 2 is 2.22 bits per heavy atom. The van der Waals surface area contributed by atoms with E-state index in [-0.39, 0.29) is 6.61 Å². The highest BCUT2D eigenvalue weighted by Gasteiger charge is 1.83. The molecule has 0 bridgehead atoms. The Morgan fingerprint density at radius 3 is 2.78 bits per heavy atom. The molecular formula is C6H13NO2. The first-order valence-corrected chi connectivity index (χ1v) is 3.01. The van der Waals surface area contributed by atoms with E-state index in [9.17, 15) is 0 Å². The van der Waals surface area contributed by atoms with Crippen LogP contribution < -0.4 is 5.32 Å². The van der Waals surface area contributed by atoms with Crippen molar-refractivity contribution in [1.29, 1.82) is 0 Å². The molecule has 0 amide bonds. The number of rotatable bonds is 6. The van der Waals surface area contributed by atoms with Crippen LogP contribution in [0.2, 0.25) is 0 Å². The van der Waals surface area contributed by atoms with Gasteiger partial charge in [0.1, 0.15) is 0 Å². The molecule has 0 heterocycles. The second-order valence-electron chi connectivity index (χ2n) is 1.54. The van der Waals surface area contributed by atoms with Gasteiger partial charge in [-0.05, 0) is 13.5 Å². The number of hydrogen-bond acceptors (Lipinski definition) is 3. The lowest BCUT2D eigenvalue weighted by atomic mass is 10.6. The summed E-state index contributed by atoms with van der Waals surface area (Å²) < 4.78 is 4.92. The molecule has 0 aliphatic rings. The van der Waals surface area contributed by atoms with E-state index >= 15 is 0 Å². The number of ether oxygens (including phenoxy) is 1. The number of nitrogens with one attached hydrogen (secondary N) is 1. The first kappa shape index (κ1) is 8.88. The molecule has 0 saturated carbocycles. The molecule has 0 atom stereocenters. The molecule has 2 radical (unpaired) electrons. The van der Waals surface area contributed by atoms with Gasteiger partial charge in [0.05, 0.1) is 19.8 Å². The lowest BCUT2D eigenvalue weighted by Crippen LogP contribution is -2.19. The molecule has 0 rings (SSSR count). The molecule has 0 unspecified atom stereocenters. The summed E-state index contributed by atoms with van der Waals surface area (Å²) in [5.41, 5.74) is 0. The van der Waals surface area contributed by atoms with Gasteiger partial charge < -0.3 is 15.2 Å². The number of hydrogen-bond donors (Lipinski definition) is 2. The normalized spacial score (nSPS) is 10.0. The van der Waals surface area contributed by atoms with Gasteiger partial charge in [-0.3, -0.25) is 0 Å². The van der Waals surface area contributed by atoms with Crippen molar-refractivity contribution in [2.75, 3.05) is 32.9 Å². The summed E-state index contributed by atoms with van der Waals surface area (Å²) in [6.45, 7) is 7.45. The Bertz CT molecular complexity index is 44.3. The molecule has 0 spiro atoms. The fraction of sp³-hybridized carbons (Fsp3) is 0.833. The van der Waals surface area contributed by atoms with E-state index in [1.54, 1.807) is 0 Å². The maximum atomic E-state index is 8.25. The zero-order chi connectivity index (χ0) is 6.95. The monoisotopic (exact) mass is 131 g/mol. The standard InChI is InChI=1S/C6H13NO2/c1-2-7-3-5-9-6-4-8/h1,7-8H,2-6H2. The molecule has 2 N–H and O–H groups in total. The molecule has 0 aliphatic carbocycles. The van der Waals surface area contributed by atoms with Gasteiger partial charge in [0.15, 0.2) is 0 Å². The molecular weight excluding hydrogens is 118 g/mol. The van der Waals surface area contributed by atoms with Crippen molar-refractivity contribution in [3.8, 4) is 0 Å². The van der Waals surface area contributed by atoms with E-state index in [1.807, 2.05) is 0 Å². The summed E-state index contributed by atoms with van der Waals surface area (Å²) >= 11 is 0. The number of aliphatic hydroxyl groups is 1. The molecule has 0 aliphatic heterocycles. The molecule has 0 aromatic carbocycles. The van der Waals surface area contributed by atoms with Crippen LogP contribution in [0.3, 0.4) is 0 Å². The van der Waals surface area contributed by atoms with E-state index < -0.39 is 0 Å². The van der Waals surface area contributed by atoms with Gasteiger partial charge in [-0.2, -0.15) is 0 Å². The highest BCUT2D eigenvalue weighted by atomic mass is 16.5. The van der Waals surface area contributed by atoms with Crippen LogP contribution in [0.25, 0.3) is 0 Å². The van der Waals surface area contributed by atoms with Gasteiger partial charge in [-0.15, -0.1) is 0 Å². The largest absolute Gasteiger partial charge is 0.394 e. The topological polar surface area (TPSA) is 41.5 Å². The molecule has 54 valence electrons. The van der Waals surface area contributed by atoms with Crippen molar-refractivity contribution in [2.45, 2.75) is 0 Å². The minimum absolute atomic E-state index is 0.0859. The van der Waals surface area contributed by atoms with Crippen LogP contribution in [0.1, 0.15) is 0 Å². The highest BCUT2D eigenvalue weighted by molar-refractivity contribution is 4.45. The minimum atomic E-state index is 0.0859. The molecule has 0 fully saturated rings.